The Morgan fingerprint density at radius 1 is 1.28 bits per heavy atom. The second kappa shape index (κ2) is 7.86. The normalized spacial score (nSPS) is 16.7. The molecule has 0 radical (unpaired) electrons. The highest BCUT2D eigenvalue weighted by molar-refractivity contribution is 5.95. The van der Waals surface area contributed by atoms with Crippen molar-refractivity contribution in [1.29, 1.82) is 0 Å². The maximum atomic E-state index is 13.5. The molecule has 156 valence electrons. The fourth-order valence-electron chi connectivity index (χ4n) is 3.28. The van der Waals surface area contributed by atoms with Gasteiger partial charge in [-0.15, -0.1) is 0 Å². The molecule has 1 fully saturated rings. The molecule has 1 aromatic carbocycles. The maximum absolute atomic E-state index is 13.5. The summed E-state index contributed by atoms with van der Waals surface area (Å²) in [5.74, 6) is -1.57. The minimum atomic E-state index is -5.08. The zero-order valence-corrected chi connectivity index (χ0v) is 15.7. The molecule has 1 unspecified atom stereocenters. The van der Waals surface area contributed by atoms with Crippen molar-refractivity contribution in [3.05, 3.63) is 48.0 Å². The maximum Gasteiger partial charge on any atom is 0.425 e. The van der Waals surface area contributed by atoms with E-state index in [1.54, 1.807) is 29.2 Å². The van der Waals surface area contributed by atoms with Crippen LogP contribution in [-0.4, -0.2) is 39.2 Å². The number of anilines is 1. The van der Waals surface area contributed by atoms with E-state index in [0.29, 0.717) is 18.5 Å². The summed E-state index contributed by atoms with van der Waals surface area (Å²) in [6.45, 7) is 0.639. The number of nitrogens with zero attached hydrogens (tertiary/aromatic N) is 3. The first kappa shape index (κ1) is 20.8. The van der Waals surface area contributed by atoms with Crippen LogP contribution in [0.2, 0.25) is 0 Å². The van der Waals surface area contributed by atoms with Gasteiger partial charge in [0.2, 0.25) is 17.4 Å². The Kier molecular flexibility index (Phi) is 5.65. The highest BCUT2D eigenvalue weighted by Crippen LogP contribution is 2.40. The first-order chi connectivity index (χ1) is 13.6. The Morgan fingerprint density at radius 2 is 1.97 bits per heavy atom. The number of rotatable bonds is 6. The molecule has 2 heterocycles. The van der Waals surface area contributed by atoms with Crippen LogP contribution >= 0.6 is 0 Å². The zero-order chi connectivity index (χ0) is 21.2. The average molecular weight is 410 g/mol. The van der Waals surface area contributed by atoms with Gasteiger partial charge in [0.05, 0.1) is 6.42 Å². The van der Waals surface area contributed by atoms with Crippen LogP contribution in [0.1, 0.15) is 30.7 Å². The van der Waals surface area contributed by atoms with E-state index in [1.807, 2.05) is 0 Å². The predicted octanol–water partition coefficient (Wildman–Crippen LogP) is 2.00. The summed E-state index contributed by atoms with van der Waals surface area (Å²) >= 11 is 0. The minimum absolute atomic E-state index is 0.0123. The molecule has 0 saturated carbocycles. The Morgan fingerprint density at radius 3 is 2.48 bits per heavy atom. The van der Waals surface area contributed by atoms with Crippen molar-refractivity contribution in [2.24, 2.45) is 7.05 Å². The number of aliphatic hydroxyl groups is 1. The van der Waals surface area contributed by atoms with E-state index in [0.717, 1.165) is 22.9 Å². The average Bonchev–Trinajstić information content (AvgIpc) is 3.28. The Labute approximate surface area is 165 Å². The van der Waals surface area contributed by atoms with Crippen molar-refractivity contribution < 1.29 is 27.9 Å². The number of halogens is 3. The molecule has 7 nitrogen and oxygen atoms in total. The lowest BCUT2D eigenvalue weighted by Crippen LogP contribution is -2.47. The summed E-state index contributed by atoms with van der Waals surface area (Å²) in [6.07, 6.45) is -2.59. The monoisotopic (exact) mass is 410 g/mol. The van der Waals surface area contributed by atoms with Crippen molar-refractivity contribution >= 4 is 17.5 Å². The number of benzene rings is 1. The van der Waals surface area contributed by atoms with Gasteiger partial charge in [0.25, 0.3) is 0 Å². The van der Waals surface area contributed by atoms with Crippen LogP contribution in [0.25, 0.3) is 0 Å². The smallest absolute Gasteiger partial charge is 0.374 e. The highest BCUT2D eigenvalue weighted by atomic mass is 19.4. The minimum Gasteiger partial charge on any atom is -0.374 e. The quantitative estimate of drug-likeness (QED) is 0.763. The molecular formula is C19H21F3N4O3. The van der Waals surface area contributed by atoms with Gasteiger partial charge in [0.15, 0.2) is 5.82 Å². The molecule has 3 rings (SSSR count). The first-order valence-electron chi connectivity index (χ1n) is 9.05. The predicted molar refractivity (Wildman–Crippen MR) is 97.7 cm³/mol. The van der Waals surface area contributed by atoms with E-state index >= 15 is 0 Å². The topological polar surface area (TPSA) is 87.5 Å². The van der Waals surface area contributed by atoms with Gasteiger partial charge in [0.1, 0.15) is 0 Å². The molecule has 0 bridgehead atoms. The van der Waals surface area contributed by atoms with E-state index in [2.05, 4.69) is 10.3 Å². The van der Waals surface area contributed by atoms with Crippen LogP contribution < -0.4 is 10.2 Å². The Hall–Kier alpha value is -2.88. The Bertz CT molecular complexity index is 895. The molecule has 10 heteroatoms. The van der Waals surface area contributed by atoms with Gasteiger partial charge in [-0.05, 0) is 24.1 Å². The third-order valence-corrected chi connectivity index (χ3v) is 4.89. The number of aryl methyl sites for hydroxylation is 1. The summed E-state index contributed by atoms with van der Waals surface area (Å²) in [5.41, 5.74) is -2.00. The van der Waals surface area contributed by atoms with Crippen LogP contribution in [0.3, 0.4) is 0 Å². The first-order valence-corrected chi connectivity index (χ1v) is 9.05. The molecule has 2 N–H and O–H groups in total. The molecule has 1 saturated heterocycles. The number of carbonyl (C=O) groups excluding carboxylic acids is 2. The molecule has 1 atom stereocenters. The second-order valence-corrected chi connectivity index (χ2v) is 6.99. The molecular weight excluding hydrogens is 389 g/mol. The summed E-state index contributed by atoms with van der Waals surface area (Å²) in [6, 6.07) is 6.83. The number of hydrogen-bond donors (Lipinski definition) is 2. The van der Waals surface area contributed by atoms with Gasteiger partial charge < -0.3 is 19.9 Å². The van der Waals surface area contributed by atoms with E-state index in [4.69, 9.17) is 0 Å². The number of alkyl halides is 3. The summed E-state index contributed by atoms with van der Waals surface area (Å²) in [4.78, 5) is 29.1. The lowest BCUT2D eigenvalue weighted by molar-refractivity contribution is -0.271. The van der Waals surface area contributed by atoms with Gasteiger partial charge in [-0.2, -0.15) is 13.2 Å². The number of imidazole rings is 1. The van der Waals surface area contributed by atoms with Crippen LogP contribution in [0.15, 0.2) is 36.7 Å². The van der Waals surface area contributed by atoms with E-state index in [9.17, 15) is 27.9 Å². The van der Waals surface area contributed by atoms with E-state index < -0.39 is 29.9 Å². The lowest BCUT2D eigenvalue weighted by atomic mass is 9.97. The Balaban J connectivity index is 1.64. The fraction of sp³-hybridized carbons (Fsp3) is 0.421. The van der Waals surface area contributed by atoms with Gasteiger partial charge in [0, 0.05) is 44.6 Å². The summed E-state index contributed by atoms with van der Waals surface area (Å²) in [7, 11) is 1.31. The van der Waals surface area contributed by atoms with Crippen LogP contribution in [0.5, 0.6) is 0 Å². The molecule has 2 amide bonds. The highest BCUT2D eigenvalue weighted by Gasteiger charge is 2.58. The molecule has 2 aromatic rings. The van der Waals surface area contributed by atoms with Crippen LogP contribution in [0.4, 0.5) is 18.9 Å². The molecule has 1 aliphatic heterocycles. The van der Waals surface area contributed by atoms with Crippen molar-refractivity contribution in [1.82, 2.24) is 14.9 Å². The fourth-order valence-corrected chi connectivity index (χ4v) is 3.28. The number of amides is 2. The van der Waals surface area contributed by atoms with E-state index in [1.165, 1.54) is 13.2 Å². The number of hydrogen-bond acceptors (Lipinski definition) is 4. The molecule has 0 aliphatic carbocycles. The second-order valence-electron chi connectivity index (χ2n) is 6.99. The van der Waals surface area contributed by atoms with Gasteiger partial charge >= 0.3 is 6.18 Å². The summed E-state index contributed by atoms with van der Waals surface area (Å²) in [5, 5.41) is 12.6. The third-order valence-electron chi connectivity index (χ3n) is 4.89. The summed E-state index contributed by atoms with van der Waals surface area (Å²) < 4.78 is 41.5. The van der Waals surface area contributed by atoms with Crippen molar-refractivity contribution in [2.45, 2.75) is 37.6 Å². The third kappa shape index (κ3) is 4.26. The number of carbonyl (C=O) groups is 2. The molecule has 1 aliphatic rings. The van der Waals surface area contributed by atoms with Crippen molar-refractivity contribution in [3.63, 3.8) is 0 Å². The van der Waals surface area contributed by atoms with Gasteiger partial charge in [-0.25, -0.2) is 4.98 Å². The number of nitrogens with one attached hydrogen (secondary N) is 1. The largest absolute Gasteiger partial charge is 0.425 e. The van der Waals surface area contributed by atoms with Crippen LogP contribution in [-0.2, 0) is 28.8 Å². The van der Waals surface area contributed by atoms with Crippen molar-refractivity contribution in [3.8, 4) is 0 Å². The number of aromatic nitrogens is 2. The zero-order valence-electron chi connectivity index (χ0n) is 15.7. The molecule has 29 heavy (non-hydrogen) atoms. The van der Waals surface area contributed by atoms with E-state index in [-0.39, 0.29) is 12.5 Å². The molecule has 1 aromatic heterocycles. The van der Waals surface area contributed by atoms with Crippen molar-refractivity contribution in [2.75, 3.05) is 11.4 Å². The lowest BCUT2D eigenvalue weighted by Gasteiger charge is -2.29. The molecule has 0 spiro atoms. The van der Waals surface area contributed by atoms with Gasteiger partial charge in [-0.3, -0.25) is 9.59 Å². The SMILES string of the molecule is Cn1ccnc1C(O)(CC(=O)NCc1ccc(N2CCCC2=O)cc1)C(F)(F)F. The standard InChI is InChI=1S/C19H21F3N4O3/c1-25-10-8-23-17(25)18(29,19(20,21)22)11-15(27)24-12-13-4-6-14(7-5-13)26-9-2-3-16(26)28/h4-8,10,29H,2-3,9,11-12H2,1H3,(H,24,27). The van der Waals surface area contributed by atoms with Gasteiger partial charge in [-0.1, -0.05) is 12.1 Å². The van der Waals surface area contributed by atoms with Crippen LogP contribution in [0, 0.1) is 0 Å².